The summed E-state index contributed by atoms with van der Waals surface area (Å²) in [6, 6.07) is 8.01. The number of amides is 1. The van der Waals surface area contributed by atoms with E-state index < -0.39 is 0 Å². The largest absolute Gasteiger partial charge is 0.367 e. The number of aromatic nitrogens is 1. The fourth-order valence-electron chi connectivity index (χ4n) is 2.12. The van der Waals surface area contributed by atoms with Crippen LogP contribution in [0.3, 0.4) is 0 Å². The molecule has 2 N–H and O–H groups in total. The summed E-state index contributed by atoms with van der Waals surface area (Å²) < 4.78 is 0. The van der Waals surface area contributed by atoms with Crippen LogP contribution in [0.2, 0.25) is 0 Å². The van der Waals surface area contributed by atoms with Crippen molar-refractivity contribution in [2.75, 3.05) is 18.4 Å². The maximum Gasteiger partial charge on any atom is 0.216 e. The summed E-state index contributed by atoms with van der Waals surface area (Å²) in [5, 5.41) is 16.0. The van der Waals surface area contributed by atoms with Gasteiger partial charge in [0.1, 0.15) is 11.9 Å². The molecule has 5 nitrogen and oxygen atoms in total. The fraction of sp³-hybridized carbons (Fsp3) is 0.312. The maximum absolute atomic E-state index is 10.8. The van der Waals surface area contributed by atoms with Crippen molar-refractivity contribution in [1.29, 1.82) is 5.26 Å². The number of nitriles is 1. The minimum absolute atomic E-state index is 0.0738. The number of pyridine rings is 1. The molecule has 0 atom stereocenters. The number of carbonyl (C=O) groups is 1. The standard InChI is InChI=1S/C16H18N4O/c1-10-4-5-13-8-14(9-17)16(20-15(13)11(10)2)19-7-6-18-12(3)21/h4-5,8H,6-7H2,1-3H3,(H,18,21)(H,19,20). The smallest absolute Gasteiger partial charge is 0.216 e. The third kappa shape index (κ3) is 3.29. The Morgan fingerprint density at radius 3 is 2.76 bits per heavy atom. The first-order chi connectivity index (χ1) is 10.0. The summed E-state index contributed by atoms with van der Waals surface area (Å²) >= 11 is 0. The van der Waals surface area contributed by atoms with E-state index in [0.29, 0.717) is 24.5 Å². The van der Waals surface area contributed by atoms with Crippen LogP contribution in [0, 0.1) is 25.2 Å². The zero-order valence-electron chi connectivity index (χ0n) is 12.4. The number of hydrogen-bond donors (Lipinski definition) is 2. The zero-order valence-corrected chi connectivity index (χ0v) is 12.4. The molecule has 1 heterocycles. The third-order valence-corrected chi connectivity index (χ3v) is 3.42. The second-order valence-electron chi connectivity index (χ2n) is 4.99. The van der Waals surface area contributed by atoms with E-state index in [-0.39, 0.29) is 5.91 Å². The topological polar surface area (TPSA) is 77.8 Å². The van der Waals surface area contributed by atoms with Crippen molar-refractivity contribution in [2.24, 2.45) is 0 Å². The quantitative estimate of drug-likeness (QED) is 0.843. The molecule has 108 valence electrons. The number of rotatable bonds is 4. The van der Waals surface area contributed by atoms with Crippen molar-refractivity contribution < 1.29 is 4.79 Å². The van der Waals surface area contributed by atoms with E-state index in [1.54, 1.807) is 0 Å². The molecule has 1 aromatic heterocycles. The van der Waals surface area contributed by atoms with E-state index in [2.05, 4.69) is 21.7 Å². The van der Waals surface area contributed by atoms with E-state index in [9.17, 15) is 10.1 Å². The number of carbonyl (C=O) groups excluding carboxylic acids is 1. The Morgan fingerprint density at radius 2 is 2.10 bits per heavy atom. The minimum atomic E-state index is -0.0738. The zero-order chi connectivity index (χ0) is 15.4. The third-order valence-electron chi connectivity index (χ3n) is 3.42. The average molecular weight is 282 g/mol. The highest BCUT2D eigenvalue weighted by Crippen LogP contribution is 2.24. The lowest BCUT2D eigenvalue weighted by Crippen LogP contribution is -2.26. The number of hydrogen-bond acceptors (Lipinski definition) is 4. The number of anilines is 1. The molecule has 0 spiro atoms. The van der Waals surface area contributed by atoms with Gasteiger partial charge in [-0.15, -0.1) is 0 Å². The van der Waals surface area contributed by atoms with Gasteiger partial charge in [-0.05, 0) is 31.0 Å². The summed E-state index contributed by atoms with van der Waals surface area (Å²) in [5.74, 6) is 0.485. The fourth-order valence-corrected chi connectivity index (χ4v) is 2.12. The molecule has 2 rings (SSSR count). The van der Waals surface area contributed by atoms with Crippen LogP contribution in [0.4, 0.5) is 5.82 Å². The van der Waals surface area contributed by atoms with Crippen molar-refractivity contribution in [2.45, 2.75) is 20.8 Å². The molecule has 5 heteroatoms. The van der Waals surface area contributed by atoms with Crippen molar-refractivity contribution >= 4 is 22.6 Å². The molecule has 0 unspecified atom stereocenters. The van der Waals surface area contributed by atoms with Crippen LogP contribution < -0.4 is 10.6 Å². The van der Waals surface area contributed by atoms with Crippen molar-refractivity contribution in [3.8, 4) is 6.07 Å². The van der Waals surface area contributed by atoms with Crippen LogP contribution in [-0.4, -0.2) is 24.0 Å². The highest BCUT2D eigenvalue weighted by atomic mass is 16.1. The van der Waals surface area contributed by atoms with Gasteiger partial charge in [-0.1, -0.05) is 12.1 Å². The lowest BCUT2D eigenvalue weighted by molar-refractivity contribution is -0.118. The first kappa shape index (κ1) is 14.8. The molecule has 1 aromatic carbocycles. The van der Waals surface area contributed by atoms with Crippen LogP contribution in [0.1, 0.15) is 23.6 Å². The second kappa shape index (κ2) is 6.23. The molecule has 0 aliphatic carbocycles. The Morgan fingerprint density at radius 1 is 1.33 bits per heavy atom. The number of benzene rings is 1. The van der Waals surface area contributed by atoms with E-state index in [4.69, 9.17) is 0 Å². The van der Waals surface area contributed by atoms with Crippen LogP contribution in [0.5, 0.6) is 0 Å². The Labute approximate surface area is 124 Å². The lowest BCUT2D eigenvalue weighted by Gasteiger charge is -2.11. The summed E-state index contributed by atoms with van der Waals surface area (Å²) in [7, 11) is 0. The van der Waals surface area contributed by atoms with Gasteiger partial charge in [-0.3, -0.25) is 4.79 Å². The van der Waals surface area contributed by atoms with Gasteiger partial charge in [0.25, 0.3) is 0 Å². The predicted molar refractivity (Wildman–Crippen MR) is 83.1 cm³/mol. The van der Waals surface area contributed by atoms with Crippen LogP contribution in [0.25, 0.3) is 10.9 Å². The molecule has 0 aliphatic heterocycles. The van der Waals surface area contributed by atoms with E-state index in [1.165, 1.54) is 12.5 Å². The molecule has 0 fully saturated rings. The van der Waals surface area contributed by atoms with Gasteiger partial charge in [0.05, 0.1) is 11.1 Å². The Bertz CT molecular complexity index is 731. The second-order valence-corrected chi connectivity index (χ2v) is 4.99. The predicted octanol–water partition coefficient (Wildman–Crippen LogP) is 2.27. The minimum Gasteiger partial charge on any atom is -0.367 e. The molecule has 1 amide bonds. The first-order valence-electron chi connectivity index (χ1n) is 6.82. The monoisotopic (exact) mass is 282 g/mol. The van der Waals surface area contributed by atoms with Gasteiger partial charge >= 0.3 is 0 Å². The molecular formula is C16H18N4O. The van der Waals surface area contributed by atoms with Crippen molar-refractivity contribution in [1.82, 2.24) is 10.3 Å². The number of aryl methyl sites for hydroxylation is 2. The molecule has 0 aliphatic rings. The van der Waals surface area contributed by atoms with E-state index in [0.717, 1.165) is 16.5 Å². The molecule has 0 bridgehead atoms. The summed E-state index contributed by atoms with van der Waals surface area (Å²) in [6.07, 6.45) is 0. The normalized spacial score (nSPS) is 10.2. The van der Waals surface area contributed by atoms with Crippen LogP contribution >= 0.6 is 0 Å². The molecule has 0 radical (unpaired) electrons. The van der Waals surface area contributed by atoms with Gasteiger partial charge < -0.3 is 10.6 Å². The number of nitrogens with zero attached hydrogens (tertiary/aromatic N) is 2. The molecular weight excluding hydrogens is 264 g/mol. The molecule has 21 heavy (non-hydrogen) atoms. The first-order valence-corrected chi connectivity index (χ1v) is 6.82. The van der Waals surface area contributed by atoms with E-state index >= 15 is 0 Å². The lowest BCUT2D eigenvalue weighted by atomic mass is 10.0. The van der Waals surface area contributed by atoms with Crippen LogP contribution in [-0.2, 0) is 4.79 Å². The van der Waals surface area contributed by atoms with Gasteiger partial charge in [0, 0.05) is 25.4 Å². The Balaban J connectivity index is 2.31. The SMILES string of the molecule is CC(=O)NCCNc1nc2c(C)c(C)ccc2cc1C#N. The van der Waals surface area contributed by atoms with Gasteiger partial charge in [0.15, 0.2) is 0 Å². The number of nitrogens with one attached hydrogen (secondary N) is 2. The molecule has 0 saturated carbocycles. The van der Waals surface area contributed by atoms with E-state index in [1.807, 2.05) is 32.0 Å². The maximum atomic E-state index is 10.8. The summed E-state index contributed by atoms with van der Waals surface area (Å²) in [6.45, 7) is 6.56. The van der Waals surface area contributed by atoms with Crippen molar-refractivity contribution in [3.63, 3.8) is 0 Å². The Hall–Kier alpha value is -2.61. The Kier molecular flexibility index (Phi) is 4.39. The summed E-state index contributed by atoms with van der Waals surface area (Å²) in [5.41, 5.74) is 3.69. The number of fused-ring (bicyclic) bond motifs is 1. The van der Waals surface area contributed by atoms with Gasteiger partial charge in [0.2, 0.25) is 5.91 Å². The summed E-state index contributed by atoms with van der Waals surface area (Å²) in [4.78, 5) is 15.4. The van der Waals surface area contributed by atoms with Gasteiger partial charge in [-0.25, -0.2) is 4.98 Å². The average Bonchev–Trinajstić information content (AvgIpc) is 2.47. The van der Waals surface area contributed by atoms with Gasteiger partial charge in [-0.2, -0.15) is 5.26 Å². The highest BCUT2D eigenvalue weighted by Gasteiger charge is 2.09. The van der Waals surface area contributed by atoms with Crippen LogP contribution in [0.15, 0.2) is 18.2 Å². The highest BCUT2D eigenvalue weighted by molar-refractivity contribution is 5.86. The molecule has 2 aromatic rings. The van der Waals surface area contributed by atoms with Crippen molar-refractivity contribution in [3.05, 3.63) is 34.9 Å². The molecule has 0 saturated heterocycles.